The Morgan fingerprint density at radius 2 is 1.94 bits per heavy atom. The lowest BCUT2D eigenvalue weighted by Crippen LogP contribution is -2.62. The molecule has 0 aromatic carbocycles. The first-order valence-corrected chi connectivity index (χ1v) is 13.3. The average molecular weight is 491 g/mol. The lowest BCUT2D eigenvalue weighted by atomic mass is 9.45. The van der Waals surface area contributed by atoms with Gasteiger partial charge < -0.3 is 26.4 Å². The van der Waals surface area contributed by atoms with Crippen LogP contribution in [-0.4, -0.2) is 58.6 Å². The van der Waals surface area contributed by atoms with E-state index in [0.29, 0.717) is 45.1 Å². The van der Waals surface area contributed by atoms with Gasteiger partial charge in [0.2, 0.25) is 5.78 Å². The number of rotatable bonds is 8. The number of esters is 1. The molecule has 3 fully saturated rings. The number of ether oxygens (including phenoxy) is 1. The molecule has 8 nitrogen and oxygen atoms in total. The van der Waals surface area contributed by atoms with Crippen LogP contribution in [0.4, 0.5) is 0 Å². The van der Waals surface area contributed by atoms with Crippen molar-refractivity contribution in [1.82, 2.24) is 0 Å². The number of aliphatic hydroxyl groups excluding tert-OH is 1. The molecule has 0 radical (unpaired) electrons. The van der Waals surface area contributed by atoms with E-state index < -0.39 is 41.5 Å². The molecule has 196 valence electrons. The number of hydrogen-bond donors (Lipinski definition) is 4. The minimum absolute atomic E-state index is 0.00970. The summed E-state index contributed by atoms with van der Waals surface area (Å²) in [6.45, 7) is 4.10. The fraction of sp³-hybridized carbons (Fsp3) is 0.815. The summed E-state index contributed by atoms with van der Waals surface area (Å²) in [5, 5.41) is 23.2. The molecule has 0 spiro atoms. The van der Waals surface area contributed by atoms with Gasteiger partial charge >= 0.3 is 5.97 Å². The maximum atomic E-state index is 13.3. The molecular formula is C27H42N2O6. The molecule has 0 saturated heterocycles. The van der Waals surface area contributed by atoms with Crippen LogP contribution >= 0.6 is 0 Å². The predicted octanol–water partition coefficient (Wildman–Crippen LogP) is 1.79. The molecule has 6 N–H and O–H groups in total. The normalized spacial score (nSPS) is 41.3. The van der Waals surface area contributed by atoms with Gasteiger partial charge in [0.1, 0.15) is 11.6 Å². The lowest BCUT2D eigenvalue weighted by Gasteiger charge is -2.60. The first-order valence-electron chi connectivity index (χ1n) is 13.3. The number of Topliss-reactive ketones (excluding diaryl/α,β-unsaturated/α-hetero) is 1. The van der Waals surface area contributed by atoms with Gasteiger partial charge in [0.25, 0.3) is 0 Å². The quantitative estimate of drug-likeness (QED) is 0.297. The first-order chi connectivity index (χ1) is 16.5. The van der Waals surface area contributed by atoms with E-state index in [4.69, 9.17) is 16.2 Å². The SMILES string of the molecule is C[C@]12CCC(=O)C=C1CC[C@@H]1[C@@H]2[C@H](O)C[C@@]2(C)[C@H]1CC[C@]2(O)C(=O)COC(=O)[C@@H](N)CCCCN. The Morgan fingerprint density at radius 1 is 1.20 bits per heavy atom. The third-order valence-electron chi connectivity index (χ3n) is 10.1. The number of allylic oxidation sites excluding steroid dienone is 1. The standard InChI is InChI=1S/C27H42N2O6/c1-25-10-8-17(30)13-16(25)6-7-18-19-9-11-27(34,26(19,2)14-21(31)23(18)25)22(32)15-35-24(33)20(29)5-3-4-12-28/h13,18-21,23,31,34H,3-12,14-15,28-29H2,1-2H3/t18-,19-,20-,21+,23+,25-,26-,27-/m0/s1. The van der Waals surface area contributed by atoms with Crippen LogP contribution in [-0.2, 0) is 19.1 Å². The number of nitrogens with two attached hydrogens (primary N) is 2. The van der Waals surface area contributed by atoms with E-state index in [2.05, 4.69) is 6.92 Å². The van der Waals surface area contributed by atoms with Gasteiger partial charge in [0.15, 0.2) is 12.4 Å². The zero-order valence-corrected chi connectivity index (χ0v) is 21.1. The number of carbonyl (C=O) groups excluding carboxylic acids is 3. The van der Waals surface area contributed by atoms with Gasteiger partial charge in [-0.2, -0.15) is 0 Å². The summed E-state index contributed by atoms with van der Waals surface area (Å²) in [5.74, 6) is -0.735. The summed E-state index contributed by atoms with van der Waals surface area (Å²) < 4.78 is 5.22. The molecule has 4 aliphatic carbocycles. The zero-order chi connectivity index (χ0) is 25.6. The smallest absolute Gasteiger partial charge is 0.323 e. The first kappa shape index (κ1) is 26.5. The van der Waals surface area contributed by atoms with Gasteiger partial charge in [-0.1, -0.05) is 25.8 Å². The van der Waals surface area contributed by atoms with Crippen LogP contribution in [0.25, 0.3) is 0 Å². The number of fused-ring (bicyclic) bond motifs is 5. The number of carbonyl (C=O) groups is 3. The van der Waals surface area contributed by atoms with Gasteiger partial charge in [-0.25, -0.2) is 0 Å². The molecule has 4 rings (SSSR count). The fourth-order valence-corrected chi connectivity index (χ4v) is 8.14. The highest BCUT2D eigenvalue weighted by atomic mass is 16.5. The second kappa shape index (κ2) is 9.69. The van der Waals surface area contributed by atoms with Crippen molar-refractivity contribution in [2.24, 2.45) is 40.1 Å². The molecule has 0 aliphatic heterocycles. The third kappa shape index (κ3) is 4.30. The molecule has 4 aliphatic rings. The molecule has 0 bridgehead atoms. The van der Waals surface area contributed by atoms with Crippen molar-refractivity contribution in [3.63, 3.8) is 0 Å². The summed E-state index contributed by atoms with van der Waals surface area (Å²) in [6, 6.07) is -0.819. The average Bonchev–Trinajstić information content (AvgIpc) is 3.08. The number of unbranched alkanes of at least 4 members (excludes halogenated alkanes) is 1. The molecule has 0 aromatic heterocycles. The predicted molar refractivity (Wildman–Crippen MR) is 130 cm³/mol. The van der Waals surface area contributed by atoms with Crippen LogP contribution in [0.2, 0.25) is 0 Å². The van der Waals surface area contributed by atoms with Gasteiger partial charge in [0.05, 0.1) is 6.10 Å². The van der Waals surface area contributed by atoms with Crippen LogP contribution in [0.15, 0.2) is 11.6 Å². The summed E-state index contributed by atoms with van der Waals surface area (Å²) in [5.41, 5.74) is 9.82. The summed E-state index contributed by atoms with van der Waals surface area (Å²) in [4.78, 5) is 37.6. The summed E-state index contributed by atoms with van der Waals surface area (Å²) >= 11 is 0. The highest BCUT2D eigenvalue weighted by molar-refractivity contribution is 5.92. The Kier molecular flexibility index (Phi) is 7.32. The van der Waals surface area contributed by atoms with Gasteiger partial charge in [-0.05, 0) is 87.2 Å². The van der Waals surface area contributed by atoms with Crippen LogP contribution < -0.4 is 11.5 Å². The van der Waals surface area contributed by atoms with Crippen molar-refractivity contribution in [3.8, 4) is 0 Å². The van der Waals surface area contributed by atoms with E-state index in [1.54, 1.807) is 6.08 Å². The molecule has 3 saturated carbocycles. The molecule has 8 atom stereocenters. The Balaban J connectivity index is 1.48. The van der Waals surface area contributed by atoms with Crippen LogP contribution in [0.1, 0.15) is 78.1 Å². The minimum atomic E-state index is -1.66. The minimum Gasteiger partial charge on any atom is -0.456 e. The van der Waals surface area contributed by atoms with E-state index in [-0.39, 0.29) is 29.0 Å². The van der Waals surface area contributed by atoms with E-state index >= 15 is 0 Å². The van der Waals surface area contributed by atoms with Crippen molar-refractivity contribution in [3.05, 3.63) is 11.6 Å². The summed E-state index contributed by atoms with van der Waals surface area (Å²) in [6.07, 6.45) is 7.20. The molecule has 0 amide bonds. The second-order valence-corrected chi connectivity index (χ2v) is 11.9. The Bertz CT molecular complexity index is 904. The number of ketones is 2. The van der Waals surface area contributed by atoms with Crippen molar-refractivity contribution >= 4 is 17.5 Å². The van der Waals surface area contributed by atoms with Gasteiger partial charge in [-0.3, -0.25) is 14.4 Å². The third-order valence-corrected chi connectivity index (χ3v) is 10.1. The summed E-state index contributed by atoms with van der Waals surface area (Å²) in [7, 11) is 0. The van der Waals surface area contributed by atoms with Gasteiger partial charge in [-0.15, -0.1) is 0 Å². The van der Waals surface area contributed by atoms with Gasteiger partial charge in [0, 0.05) is 11.8 Å². The Hall–Kier alpha value is -1.61. The largest absolute Gasteiger partial charge is 0.456 e. The number of aliphatic hydroxyl groups is 2. The molecule has 8 heteroatoms. The van der Waals surface area contributed by atoms with Crippen molar-refractivity contribution < 1.29 is 29.3 Å². The molecule has 0 heterocycles. The molecule has 35 heavy (non-hydrogen) atoms. The molecule has 0 aromatic rings. The Morgan fingerprint density at radius 3 is 2.66 bits per heavy atom. The fourth-order valence-electron chi connectivity index (χ4n) is 8.14. The van der Waals surface area contributed by atoms with E-state index in [1.807, 2.05) is 6.92 Å². The number of hydrogen-bond acceptors (Lipinski definition) is 8. The lowest BCUT2D eigenvalue weighted by molar-refractivity contribution is -0.184. The second-order valence-electron chi connectivity index (χ2n) is 11.9. The maximum Gasteiger partial charge on any atom is 0.323 e. The van der Waals surface area contributed by atoms with E-state index in [1.165, 1.54) is 0 Å². The van der Waals surface area contributed by atoms with E-state index in [9.17, 15) is 24.6 Å². The topological polar surface area (TPSA) is 153 Å². The maximum absolute atomic E-state index is 13.3. The van der Waals surface area contributed by atoms with Crippen LogP contribution in [0.3, 0.4) is 0 Å². The van der Waals surface area contributed by atoms with Crippen LogP contribution in [0.5, 0.6) is 0 Å². The van der Waals surface area contributed by atoms with Crippen LogP contribution in [0, 0.1) is 28.6 Å². The van der Waals surface area contributed by atoms with Crippen molar-refractivity contribution in [2.75, 3.05) is 13.2 Å². The van der Waals surface area contributed by atoms with E-state index in [0.717, 1.165) is 31.3 Å². The zero-order valence-electron chi connectivity index (χ0n) is 21.1. The highest BCUT2D eigenvalue weighted by Crippen LogP contribution is 2.67. The monoisotopic (exact) mass is 490 g/mol. The molecule has 0 unspecified atom stereocenters. The van der Waals surface area contributed by atoms with Crippen molar-refractivity contribution in [1.29, 1.82) is 0 Å². The Labute approximate surface area is 207 Å². The highest BCUT2D eigenvalue weighted by Gasteiger charge is 2.68. The van der Waals surface area contributed by atoms with Crippen molar-refractivity contribution in [2.45, 2.75) is 95.8 Å². The molecular weight excluding hydrogens is 448 g/mol.